The average molecular weight is 377 g/mol. The van der Waals surface area contributed by atoms with Gasteiger partial charge in [-0.15, -0.1) is 0 Å². The Bertz CT molecular complexity index is 978. The molecule has 0 aliphatic heterocycles. The summed E-state index contributed by atoms with van der Waals surface area (Å²) < 4.78 is 11.7. The van der Waals surface area contributed by atoms with Gasteiger partial charge < -0.3 is 14.3 Å². The van der Waals surface area contributed by atoms with Crippen LogP contribution in [-0.4, -0.2) is 16.1 Å². The van der Waals surface area contributed by atoms with Gasteiger partial charge in [0.1, 0.15) is 23.8 Å². The molecule has 1 aliphatic rings. The molecule has 4 rings (SSSR count). The molecule has 0 fully saturated rings. The number of aliphatic carboxylic acids is 1. The Kier molecular flexibility index (Phi) is 5.15. The second-order valence-electron chi connectivity index (χ2n) is 7.31. The van der Waals surface area contributed by atoms with Crippen LogP contribution in [-0.2, 0) is 24.2 Å². The van der Waals surface area contributed by atoms with E-state index in [0.29, 0.717) is 12.5 Å². The monoisotopic (exact) mass is 377 g/mol. The van der Waals surface area contributed by atoms with Gasteiger partial charge in [0.15, 0.2) is 0 Å². The van der Waals surface area contributed by atoms with Gasteiger partial charge in [-0.3, -0.25) is 4.79 Å². The number of oxazole rings is 1. The number of carboxylic acid groups (broad SMARTS) is 1. The summed E-state index contributed by atoms with van der Waals surface area (Å²) in [7, 11) is 0. The molecule has 0 saturated carbocycles. The van der Waals surface area contributed by atoms with Gasteiger partial charge in [-0.1, -0.05) is 24.3 Å². The molecule has 3 aromatic rings. The molecule has 0 saturated heterocycles. The second kappa shape index (κ2) is 7.89. The maximum Gasteiger partial charge on any atom is 0.303 e. The van der Waals surface area contributed by atoms with E-state index in [4.69, 9.17) is 14.3 Å². The normalized spacial score (nSPS) is 15.8. The molecule has 144 valence electrons. The topological polar surface area (TPSA) is 72.6 Å². The number of carboxylic acids is 1. The highest BCUT2D eigenvalue weighted by Gasteiger charge is 2.21. The zero-order valence-corrected chi connectivity index (χ0v) is 15.9. The van der Waals surface area contributed by atoms with E-state index >= 15 is 0 Å². The molecule has 1 heterocycles. The van der Waals surface area contributed by atoms with Crippen LogP contribution in [0.4, 0.5) is 0 Å². The lowest BCUT2D eigenvalue weighted by Gasteiger charge is -2.23. The summed E-state index contributed by atoms with van der Waals surface area (Å²) >= 11 is 0. The first-order valence-electron chi connectivity index (χ1n) is 9.56. The van der Waals surface area contributed by atoms with E-state index in [-0.39, 0.29) is 12.3 Å². The molecule has 28 heavy (non-hydrogen) atoms. The van der Waals surface area contributed by atoms with E-state index in [1.54, 1.807) is 0 Å². The molecule has 2 aromatic carbocycles. The highest BCUT2D eigenvalue weighted by molar-refractivity contribution is 5.67. The molecule has 0 amide bonds. The van der Waals surface area contributed by atoms with Crippen molar-refractivity contribution in [3.05, 3.63) is 71.1 Å². The summed E-state index contributed by atoms with van der Waals surface area (Å²) in [6.45, 7) is 2.25. The molecule has 1 N–H and O–H groups in total. The quantitative estimate of drug-likeness (QED) is 0.667. The van der Waals surface area contributed by atoms with Gasteiger partial charge >= 0.3 is 5.97 Å². The molecule has 0 spiro atoms. The molecule has 1 aromatic heterocycles. The van der Waals surface area contributed by atoms with E-state index in [9.17, 15) is 4.79 Å². The number of carbonyl (C=O) groups is 1. The van der Waals surface area contributed by atoms with Crippen molar-refractivity contribution < 1.29 is 19.1 Å². The van der Waals surface area contributed by atoms with Crippen molar-refractivity contribution in [2.75, 3.05) is 0 Å². The van der Waals surface area contributed by atoms with Crippen LogP contribution in [0.2, 0.25) is 0 Å². The highest BCUT2D eigenvalue weighted by Crippen LogP contribution is 2.31. The van der Waals surface area contributed by atoms with E-state index < -0.39 is 5.97 Å². The van der Waals surface area contributed by atoms with Crippen LogP contribution in [0, 0.1) is 12.8 Å². The third kappa shape index (κ3) is 4.09. The lowest BCUT2D eigenvalue weighted by atomic mass is 9.82. The van der Waals surface area contributed by atoms with Crippen molar-refractivity contribution in [1.82, 2.24) is 4.98 Å². The maximum atomic E-state index is 10.9. The largest absolute Gasteiger partial charge is 0.487 e. The Hall–Kier alpha value is -3.08. The van der Waals surface area contributed by atoms with Gasteiger partial charge in [-0.2, -0.15) is 0 Å². The summed E-state index contributed by atoms with van der Waals surface area (Å²) in [6, 6.07) is 15.9. The van der Waals surface area contributed by atoms with Crippen LogP contribution < -0.4 is 4.74 Å². The van der Waals surface area contributed by atoms with Crippen molar-refractivity contribution in [3.63, 3.8) is 0 Å². The van der Waals surface area contributed by atoms with E-state index in [2.05, 4.69) is 17.1 Å². The van der Waals surface area contributed by atoms with Crippen molar-refractivity contribution in [1.29, 1.82) is 0 Å². The summed E-state index contributed by atoms with van der Waals surface area (Å²) in [5.74, 6) is 1.68. The molecule has 1 aliphatic carbocycles. The Balaban J connectivity index is 1.42. The van der Waals surface area contributed by atoms with Crippen molar-refractivity contribution >= 4 is 5.97 Å². The number of aryl methyl sites for hydroxylation is 2. The first kappa shape index (κ1) is 18.3. The Labute approximate surface area is 164 Å². The molecule has 5 heteroatoms. The average Bonchev–Trinajstić information content (AvgIpc) is 3.07. The molecule has 0 radical (unpaired) electrons. The van der Waals surface area contributed by atoms with Gasteiger partial charge in [0.25, 0.3) is 0 Å². The predicted molar refractivity (Wildman–Crippen MR) is 105 cm³/mol. The standard InChI is InChI=1S/C23H23NO4/c1-15-21(24-23(28-15)17-5-3-2-4-6-17)14-27-20-10-9-18-11-16(12-22(25)26)7-8-19(18)13-20/h2-6,9-10,13,16H,7-8,11-12,14H2,1H3,(H,25,26)/t16-/m1/s1. The predicted octanol–water partition coefficient (Wildman–Crippen LogP) is 4.81. The molecule has 0 bridgehead atoms. The summed E-state index contributed by atoms with van der Waals surface area (Å²) in [6.07, 6.45) is 2.87. The first-order chi connectivity index (χ1) is 13.6. The molecule has 0 unspecified atom stereocenters. The third-order valence-electron chi connectivity index (χ3n) is 5.26. The van der Waals surface area contributed by atoms with Crippen molar-refractivity contribution in [2.24, 2.45) is 5.92 Å². The van der Waals surface area contributed by atoms with E-state index in [1.165, 1.54) is 11.1 Å². The number of rotatable bonds is 6. The number of aromatic nitrogens is 1. The van der Waals surface area contributed by atoms with Crippen LogP contribution in [0.3, 0.4) is 0 Å². The van der Waals surface area contributed by atoms with Gasteiger partial charge in [0, 0.05) is 12.0 Å². The molecule has 1 atom stereocenters. The lowest BCUT2D eigenvalue weighted by molar-refractivity contribution is -0.138. The van der Waals surface area contributed by atoms with Crippen LogP contribution in [0.15, 0.2) is 52.9 Å². The smallest absolute Gasteiger partial charge is 0.303 e. The Morgan fingerprint density at radius 1 is 1.21 bits per heavy atom. The minimum absolute atomic E-state index is 0.228. The molecular formula is C23H23NO4. The number of benzene rings is 2. The minimum Gasteiger partial charge on any atom is -0.487 e. The Morgan fingerprint density at radius 2 is 2.04 bits per heavy atom. The lowest BCUT2D eigenvalue weighted by Crippen LogP contribution is -2.17. The fraction of sp³-hybridized carbons (Fsp3) is 0.304. The fourth-order valence-corrected chi connectivity index (χ4v) is 3.74. The zero-order valence-electron chi connectivity index (χ0n) is 15.9. The summed E-state index contributed by atoms with van der Waals surface area (Å²) in [5.41, 5.74) is 4.22. The van der Waals surface area contributed by atoms with Crippen molar-refractivity contribution in [2.45, 2.75) is 39.2 Å². The zero-order chi connectivity index (χ0) is 19.5. The van der Waals surface area contributed by atoms with Gasteiger partial charge in [0.05, 0.1) is 0 Å². The highest BCUT2D eigenvalue weighted by atomic mass is 16.5. The SMILES string of the molecule is Cc1oc(-c2ccccc2)nc1COc1ccc2c(c1)CC[C@@H](CC(=O)O)C2. The summed E-state index contributed by atoms with van der Waals surface area (Å²) in [4.78, 5) is 15.5. The number of nitrogens with zero attached hydrogens (tertiary/aromatic N) is 1. The number of ether oxygens (including phenoxy) is 1. The van der Waals surface area contributed by atoms with E-state index in [1.807, 2.05) is 43.3 Å². The van der Waals surface area contributed by atoms with Crippen LogP contribution in [0.5, 0.6) is 5.75 Å². The second-order valence-corrected chi connectivity index (χ2v) is 7.31. The van der Waals surface area contributed by atoms with Crippen LogP contribution in [0.1, 0.15) is 35.4 Å². The third-order valence-corrected chi connectivity index (χ3v) is 5.26. The minimum atomic E-state index is -0.716. The number of hydrogen-bond acceptors (Lipinski definition) is 4. The fourth-order valence-electron chi connectivity index (χ4n) is 3.74. The van der Waals surface area contributed by atoms with Crippen LogP contribution >= 0.6 is 0 Å². The molecular weight excluding hydrogens is 354 g/mol. The maximum absolute atomic E-state index is 10.9. The van der Waals surface area contributed by atoms with Gasteiger partial charge in [-0.25, -0.2) is 4.98 Å². The number of fused-ring (bicyclic) bond motifs is 1. The van der Waals surface area contributed by atoms with Gasteiger partial charge in [0.2, 0.25) is 5.89 Å². The molecule has 5 nitrogen and oxygen atoms in total. The van der Waals surface area contributed by atoms with Crippen LogP contribution in [0.25, 0.3) is 11.5 Å². The van der Waals surface area contributed by atoms with E-state index in [0.717, 1.165) is 42.0 Å². The van der Waals surface area contributed by atoms with Crippen molar-refractivity contribution in [3.8, 4) is 17.2 Å². The summed E-state index contributed by atoms with van der Waals surface area (Å²) in [5, 5.41) is 9.00. The first-order valence-corrected chi connectivity index (χ1v) is 9.56. The van der Waals surface area contributed by atoms with Gasteiger partial charge in [-0.05, 0) is 67.5 Å². The Morgan fingerprint density at radius 3 is 2.82 bits per heavy atom. The number of hydrogen-bond donors (Lipinski definition) is 1.